The highest BCUT2D eigenvalue weighted by Gasteiger charge is 2.53. The Kier molecular flexibility index (Phi) is 4.37. The summed E-state index contributed by atoms with van der Waals surface area (Å²) >= 11 is 0. The average molecular weight is 427 g/mol. The Bertz CT molecular complexity index is 1240. The van der Waals surface area contributed by atoms with Gasteiger partial charge in [0.05, 0.1) is 12.5 Å². The molecule has 1 atom stereocenters. The topological polar surface area (TPSA) is 49.9 Å². The van der Waals surface area contributed by atoms with E-state index in [2.05, 4.69) is 47.4 Å². The van der Waals surface area contributed by atoms with Crippen molar-refractivity contribution in [1.29, 1.82) is 0 Å². The maximum Gasteiger partial charge on any atom is 0.325 e. The first-order valence-electron chi connectivity index (χ1n) is 11.4. The summed E-state index contributed by atoms with van der Waals surface area (Å²) in [5.74, 6) is -0.347. The SMILES string of the molecule is COC(=O)CN1C(=O)C2(CCN(C3Cc4cccc5cccc3c45)CC2)c2ccccc21. The molecule has 2 heterocycles. The molecule has 6 rings (SSSR count). The number of rotatable bonds is 3. The summed E-state index contributed by atoms with van der Waals surface area (Å²) in [6.07, 6.45) is 2.56. The molecule has 5 heteroatoms. The van der Waals surface area contributed by atoms with Gasteiger partial charge in [-0.2, -0.15) is 0 Å². The fourth-order valence-electron chi connectivity index (χ4n) is 6.19. The van der Waals surface area contributed by atoms with E-state index in [0.717, 1.165) is 43.6 Å². The number of nitrogens with zero attached hydrogens (tertiary/aromatic N) is 2. The summed E-state index contributed by atoms with van der Waals surface area (Å²) in [6, 6.07) is 21.5. The van der Waals surface area contributed by atoms with Crippen molar-refractivity contribution < 1.29 is 14.3 Å². The molecule has 2 aliphatic heterocycles. The Morgan fingerprint density at radius 3 is 2.56 bits per heavy atom. The normalized spacial score (nSPS) is 21.3. The van der Waals surface area contributed by atoms with Crippen LogP contribution in [0.3, 0.4) is 0 Å². The van der Waals surface area contributed by atoms with Crippen molar-refractivity contribution in [2.45, 2.75) is 30.7 Å². The molecule has 3 aromatic rings. The van der Waals surface area contributed by atoms with E-state index in [1.807, 2.05) is 18.2 Å². The van der Waals surface area contributed by atoms with Crippen LogP contribution >= 0.6 is 0 Å². The first-order valence-corrected chi connectivity index (χ1v) is 11.4. The monoisotopic (exact) mass is 426 g/mol. The van der Waals surface area contributed by atoms with Crippen LogP contribution in [0.4, 0.5) is 5.69 Å². The number of hydrogen-bond acceptors (Lipinski definition) is 4. The molecule has 1 fully saturated rings. The molecule has 1 aliphatic carbocycles. The minimum atomic E-state index is -0.543. The molecule has 0 aromatic heterocycles. The molecular formula is C27H26N2O3. The smallest absolute Gasteiger partial charge is 0.325 e. The predicted molar refractivity (Wildman–Crippen MR) is 124 cm³/mol. The number of piperidine rings is 1. The third-order valence-electron chi connectivity index (χ3n) is 7.77. The first kappa shape index (κ1) is 19.5. The largest absolute Gasteiger partial charge is 0.468 e. The van der Waals surface area contributed by atoms with Gasteiger partial charge in [0.2, 0.25) is 5.91 Å². The molecule has 1 amide bonds. The number of esters is 1. The molecule has 0 bridgehead atoms. The maximum absolute atomic E-state index is 13.7. The summed E-state index contributed by atoms with van der Waals surface area (Å²) in [6.45, 7) is 1.69. The second-order valence-electron chi connectivity index (χ2n) is 9.19. The number of para-hydroxylation sites is 1. The first-order chi connectivity index (χ1) is 15.6. The number of amides is 1. The molecule has 1 spiro atoms. The lowest BCUT2D eigenvalue weighted by Crippen LogP contribution is -2.50. The quantitative estimate of drug-likeness (QED) is 0.595. The minimum absolute atomic E-state index is 0.0300. The van der Waals surface area contributed by atoms with Gasteiger partial charge in [-0.15, -0.1) is 0 Å². The zero-order valence-corrected chi connectivity index (χ0v) is 18.2. The van der Waals surface area contributed by atoms with Crippen molar-refractivity contribution in [3.05, 3.63) is 77.4 Å². The third-order valence-corrected chi connectivity index (χ3v) is 7.77. The summed E-state index contributed by atoms with van der Waals surface area (Å²) < 4.78 is 4.85. The van der Waals surface area contributed by atoms with E-state index in [1.165, 1.54) is 29.0 Å². The van der Waals surface area contributed by atoms with Crippen molar-refractivity contribution in [3.63, 3.8) is 0 Å². The summed E-state index contributed by atoms with van der Waals surface area (Å²) in [5, 5.41) is 2.72. The summed E-state index contributed by atoms with van der Waals surface area (Å²) in [7, 11) is 1.36. The lowest BCUT2D eigenvalue weighted by molar-refractivity contribution is -0.140. The predicted octanol–water partition coefficient (Wildman–Crippen LogP) is 3.99. The van der Waals surface area contributed by atoms with Gasteiger partial charge in [0.1, 0.15) is 6.54 Å². The third kappa shape index (κ3) is 2.67. The highest BCUT2D eigenvalue weighted by molar-refractivity contribution is 6.10. The number of benzene rings is 3. The molecule has 0 radical (unpaired) electrons. The van der Waals surface area contributed by atoms with Gasteiger partial charge in [-0.05, 0) is 52.8 Å². The molecule has 3 aromatic carbocycles. The minimum Gasteiger partial charge on any atom is -0.468 e. The van der Waals surface area contributed by atoms with E-state index in [9.17, 15) is 9.59 Å². The van der Waals surface area contributed by atoms with E-state index < -0.39 is 5.41 Å². The number of ether oxygens (including phenoxy) is 1. The van der Waals surface area contributed by atoms with E-state index in [0.29, 0.717) is 6.04 Å². The van der Waals surface area contributed by atoms with Gasteiger partial charge in [-0.3, -0.25) is 14.5 Å². The highest BCUT2D eigenvalue weighted by Crippen LogP contribution is 2.50. The van der Waals surface area contributed by atoms with Gasteiger partial charge in [-0.25, -0.2) is 0 Å². The molecule has 0 saturated carbocycles. The van der Waals surface area contributed by atoms with Gasteiger partial charge in [0, 0.05) is 24.8 Å². The Labute approximate surface area is 187 Å². The van der Waals surface area contributed by atoms with E-state index >= 15 is 0 Å². The maximum atomic E-state index is 13.7. The fraction of sp³-hybridized carbons (Fsp3) is 0.333. The van der Waals surface area contributed by atoms with Gasteiger partial charge >= 0.3 is 5.97 Å². The number of anilines is 1. The van der Waals surface area contributed by atoms with Gasteiger partial charge in [0.25, 0.3) is 0 Å². The van der Waals surface area contributed by atoms with Crippen LogP contribution in [-0.4, -0.2) is 43.5 Å². The van der Waals surface area contributed by atoms with Crippen LogP contribution in [0.15, 0.2) is 60.7 Å². The fourth-order valence-corrected chi connectivity index (χ4v) is 6.19. The van der Waals surface area contributed by atoms with Crippen molar-refractivity contribution in [1.82, 2.24) is 4.90 Å². The Balaban J connectivity index is 1.29. The lowest BCUT2D eigenvalue weighted by atomic mass is 9.73. The number of methoxy groups -OCH3 is 1. The van der Waals surface area contributed by atoms with Crippen LogP contribution in [0.25, 0.3) is 10.8 Å². The van der Waals surface area contributed by atoms with Crippen LogP contribution < -0.4 is 4.90 Å². The van der Waals surface area contributed by atoms with Gasteiger partial charge < -0.3 is 9.64 Å². The second kappa shape index (κ2) is 7.17. The standard InChI is InChI=1S/C27H26N2O3/c1-32-24(30)17-29-22-11-3-2-10-21(22)27(26(29)31)12-14-28(15-13-27)23-16-19-8-4-6-18-7-5-9-20(23)25(18)19/h2-11,23H,12-17H2,1H3. The van der Waals surface area contributed by atoms with Crippen LogP contribution in [0.2, 0.25) is 0 Å². The Morgan fingerprint density at radius 1 is 1.03 bits per heavy atom. The van der Waals surface area contributed by atoms with E-state index in [1.54, 1.807) is 4.90 Å². The van der Waals surface area contributed by atoms with Crippen molar-refractivity contribution in [3.8, 4) is 0 Å². The highest BCUT2D eigenvalue weighted by atomic mass is 16.5. The molecule has 3 aliphatic rings. The number of fused-ring (bicyclic) bond motifs is 2. The number of hydrogen-bond donors (Lipinski definition) is 0. The van der Waals surface area contributed by atoms with E-state index in [4.69, 9.17) is 4.74 Å². The zero-order chi connectivity index (χ0) is 21.9. The Morgan fingerprint density at radius 2 is 1.78 bits per heavy atom. The average Bonchev–Trinajstić information content (AvgIpc) is 3.31. The van der Waals surface area contributed by atoms with Crippen LogP contribution in [0.1, 0.15) is 35.6 Å². The van der Waals surface area contributed by atoms with Crippen molar-refractivity contribution in [2.75, 3.05) is 31.6 Å². The van der Waals surface area contributed by atoms with E-state index in [-0.39, 0.29) is 18.4 Å². The molecule has 162 valence electrons. The number of carbonyl (C=O) groups excluding carboxylic acids is 2. The summed E-state index contributed by atoms with van der Waals surface area (Å²) in [4.78, 5) is 29.8. The lowest BCUT2D eigenvalue weighted by Gasteiger charge is -2.41. The molecule has 0 N–H and O–H groups in total. The summed E-state index contributed by atoms with van der Waals surface area (Å²) in [5.41, 5.74) is 4.22. The molecule has 32 heavy (non-hydrogen) atoms. The van der Waals surface area contributed by atoms with Gasteiger partial charge in [-0.1, -0.05) is 54.6 Å². The molecule has 5 nitrogen and oxygen atoms in total. The van der Waals surface area contributed by atoms with Crippen molar-refractivity contribution >= 4 is 28.3 Å². The molecular weight excluding hydrogens is 400 g/mol. The van der Waals surface area contributed by atoms with Crippen molar-refractivity contribution in [2.24, 2.45) is 0 Å². The number of carbonyl (C=O) groups is 2. The molecule has 1 saturated heterocycles. The number of likely N-dealkylation sites (tertiary alicyclic amines) is 1. The van der Waals surface area contributed by atoms with Crippen LogP contribution in [0, 0.1) is 0 Å². The van der Waals surface area contributed by atoms with Crippen LogP contribution in [-0.2, 0) is 26.2 Å². The van der Waals surface area contributed by atoms with Gasteiger partial charge in [0.15, 0.2) is 0 Å². The molecule has 1 unspecified atom stereocenters. The van der Waals surface area contributed by atoms with Crippen LogP contribution in [0.5, 0.6) is 0 Å². The zero-order valence-electron chi connectivity index (χ0n) is 18.2. The Hall–Kier alpha value is -3.18. The second-order valence-corrected chi connectivity index (χ2v) is 9.19.